The van der Waals surface area contributed by atoms with Gasteiger partial charge in [-0.15, -0.1) is 0 Å². The molecule has 0 radical (unpaired) electrons. The number of rotatable bonds is 5. The van der Waals surface area contributed by atoms with Gasteiger partial charge in [-0.1, -0.05) is 0 Å². The average Bonchev–Trinajstić information content (AvgIpc) is 3.19. The second kappa shape index (κ2) is 11.3. The molecule has 2 aromatic carbocycles. The molecule has 2 aliphatic rings. The predicted octanol–water partition coefficient (Wildman–Crippen LogP) is 8.46. The number of hydrogen-bond acceptors (Lipinski definition) is 3. The number of allylic oxidation sites excluding steroid dienone is 2. The van der Waals surface area contributed by atoms with Crippen LogP contribution in [0.25, 0.3) is 0 Å². The fourth-order valence-corrected chi connectivity index (χ4v) is 13.1. The third-order valence-corrected chi connectivity index (χ3v) is 13.0. The normalized spacial score (nSPS) is 20.4. The molecular weight excluding hydrogens is 624 g/mol. The van der Waals surface area contributed by atoms with Gasteiger partial charge >= 0.3 is 245 Å². The van der Waals surface area contributed by atoms with Gasteiger partial charge in [0.1, 0.15) is 0 Å². The number of ether oxygens (including phenoxy) is 1. The fourth-order valence-electron chi connectivity index (χ4n) is 5.88. The van der Waals surface area contributed by atoms with Gasteiger partial charge in [0.15, 0.2) is 0 Å². The molecule has 1 unspecified atom stereocenters. The SMILES string of the molecule is Cc1cc(C)c(N2CCN(c3c(C)cc(C)cc3C)[C]2=[Ru]([Cl])([Cl])=[CH]C2(OC(C)C)C=CC(Cl)=CC2)c(C)c1. The van der Waals surface area contributed by atoms with Gasteiger partial charge in [0.2, 0.25) is 0 Å². The van der Waals surface area contributed by atoms with Crippen LogP contribution in [0.1, 0.15) is 53.6 Å². The molecule has 1 aliphatic heterocycles. The minimum absolute atomic E-state index is 0.00589. The van der Waals surface area contributed by atoms with E-state index in [2.05, 4.69) is 80.2 Å². The van der Waals surface area contributed by atoms with Gasteiger partial charge < -0.3 is 0 Å². The molecule has 0 saturated carbocycles. The number of aryl methyl sites for hydroxylation is 6. The van der Waals surface area contributed by atoms with Crippen LogP contribution >= 0.6 is 31.0 Å². The van der Waals surface area contributed by atoms with Crippen LogP contribution in [0.5, 0.6) is 0 Å². The first kappa shape index (κ1) is 29.7. The summed E-state index contributed by atoms with van der Waals surface area (Å²) in [5, 5.41) is 0.704. The molecular formula is C31H39Cl3N2ORu. The maximum atomic E-state index is 7.64. The first-order valence-electron chi connectivity index (χ1n) is 13.0. The average molecular weight is 663 g/mol. The summed E-state index contributed by atoms with van der Waals surface area (Å²) in [6.45, 7) is 18.7. The first-order chi connectivity index (χ1) is 17.7. The van der Waals surface area contributed by atoms with E-state index in [-0.39, 0.29) is 6.10 Å². The first-order valence-corrected chi connectivity index (χ1v) is 19.7. The molecule has 208 valence electrons. The molecule has 0 N–H and O–H groups in total. The van der Waals surface area contributed by atoms with Gasteiger partial charge in [0, 0.05) is 0 Å². The quantitative estimate of drug-likeness (QED) is 0.299. The van der Waals surface area contributed by atoms with Crippen molar-refractivity contribution in [2.24, 2.45) is 0 Å². The summed E-state index contributed by atoms with van der Waals surface area (Å²) in [6, 6.07) is 8.96. The number of anilines is 2. The molecule has 1 aliphatic carbocycles. The van der Waals surface area contributed by atoms with Crippen molar-refractivity contribution in [3.05, 3.63) is 80.9 Å². The molecule has 0 spiro atoms. The van der Waals surface area contributed by atoms with Crippen molar-refractivity contribution in [2.75, 3.05) is 22.9 Å². The Balaban J connectivity index is 2.04. The Morgan fingerprint density at radius 1 is 0.842 bits per heavy atom. The monoisotopic (exact) mass is 662 g/mol. The van der Waals surface area contributed by atoms with Crippen LogP contribution in [0.4, 0.5) is 11.4 Å². The molecule has 7 heteroatoms. The van der Waals surface area contributed by atoms with Crippen LogP contribution < -0.4 is 9.80 Å². The number of hydrogen-bond donors (Lipinski definition) is 0. The van der Waals surface area contributed by atoms with Gasteiger partial charge in [-0.2, -0.15) is 0 Å². The summed E-state index contributed by atoms with van der Waals surface area (Å²) >= 11 is 2.59. The van der Waals surface area contributed by atoms with E-state index in [0.29, 0.717) is 11.5 Å². The van der Waals surface area contributed by atoms with Gasteiger partial charge in [-0.3, -0.25) is 0 Å². The Morgan fingerprint density at radius 2 is 1.29 bits per heavy atom. The Kier molecular flexibility index (Phi) is 8.83. The van der Waals surface area contributed by atoms with Crippen LogP contribution in [0.15, 0.2) is 47.5 Å². The van der Waals surface area contributed by atoms with Gasteiger partial charge in [-0.25, -0.2) is 0 Å². The van der Waals surface area contributed by atoms with Crippen LogP contribution in [-0.2, 0) is 16.6 Å². The van der Waals surface area contributed by atoms with Crippen molar-refractivity contribution < 1.29 is 16.6 Å². The molecule has 1 fully saturated rings. The van der Waals surface area contributed by atoms with Crippen molar-refractivity contribution in [2.45, 2.75) is 73.5 Å². The van der Waals surface area contributed by atoms with Crippen molar-refractivity contribution >= 4 is 51.3 Å². The molecule has 38 heavy (non-hydrogen) atoms. The van der Waals surface area contributed by atoms with Crippen LogP contribution in [0, 0.1) is 41.5 Å². The topological polar surface area (TPSA) is 15.7 Å². The van der Waals surface area contributed by atoms with Crippen LogP contribution in [0.3, 0.4) is 0 Å². The number of nitrogens with zero attached hydrogens (tertiary/aromatic N) is 2. The number of benzene rings is 2. The molecule has 0 amide bonds. The zero-order valence-corrected chi connectivity index (χ0v) is 27.6. The summed E-state index contributed by atoms with van der Waals surface area (Å²) in [4.78, 5) is 4.76. The zero-order valence-electron chi connectivity index (χ0n) is 23.6. The van der Waals surface area contributed by atoms with Crippen LogP contribution in [0.2, 0.25) is 0 Å². The molecule has 3 nitrogen and oxygen atoms in total. The zero-order chi connectivity index (χ0) is 28.0. The molecule has 0 aromatic heterocycles. The summed E-state index contributed by atoms with van der Waals surface area (Å²) in [6.07, 6.45) is 6.49. The fraction of sp³-hybridized carbons (Fsp3) is 0.419. The Hall–Kier alpha value is -1.29. The van der Waals surface area contributed by atoms with Crippen molar-refractivity contribution in [3.63, 3.8) is 0 Å². The molecule has 1 saturated heterocycles. The van der Waals surface area contributed by atoms with Crippen molar-refractivity contribution in [3.8, 4) is 0 Å². The van der Waals surface area contributed by atoms with E-state index in [9.17, 15) is 0 Å². The second-order valence-electron chi connectivity index (χ2n) is 10.8. The van der Waals surface area contributed by atoms with E-state index in [4.69, 9.17) is 35.7 Å². The second-order valence-corrected chi connectivity index (χ2v) is 20.5. The summed E-state index contributed by atoms with van der Waals surface area (Å²) < 4.78 is 9.62. The van der Waals surface area contributed by atoms with Gasteiger partial charge in [0.25, 0.3) is 0 Å². The van der Waals surface area contributed by atoms with E-state index in [1.165, 1.54) is 44.8 Å². The standard InChI is InChI=1S/C21H26N2.C10H13ClO.2ClH.Ru/c1-14-9-16(3)20(17(4)10-14)22-7-8-23(13-22)21-18(5)11-15(2)12-19(21)6;1-8(2)12-10(3)6-4-9(11)5-7-10;;;/h9-12H,7-8H2,1-6H3;3-6,8H,7H2,1-2H3;2*1H;/q;;;;+2/p-2. The third kappa shape index (κ3) is 6.06. The van der Waals surface area contributed by atoms with E-state index in [1.54, 1.807) is 0 Å². The minimum atomic E-state index is -3.72. The number of halogens is 3. The Bertz CT molecular complexity index is 1330. The van der Waals surface area contributed by atoms with Crippen molar-refractivity contribution in [1.29, 1.82) is 0 Å². The summed E-state index contributed by atoms with van der Waals surface area (Å²) in [5.74, 6) is 0. The molecule has 1 atom stereocenters. The molecule has 1 heterocycles. The van der Waals surface area contributed by atoms with E-state index >= 15 is 0 Å². The molecule has 0 bridgehead atoms. The van der Waals surface area contributed by atoms with E-state index in [0.717, 1.165) is 17.4 Å². The maximum absolute atomic E-state index is 7.64. The van der Waals surface area contributed by atoms with Crippen molar-refractivity contribution in [1.82, 2.24) is 0 Å². The third-order valence-electron chi connectivity index (χ3n) is 6.90. The summed E-state index contributed by atoms with van der Waals surface area (Å²) in [5.41, 5.74) is 9.07. The van der Waals surface area contributed by atoms with Gasteiger partial charge in [0.05, 0.1) is 0 Å². The summed E-state index contributed by atoms with van der Waals surface area (Å²) in [7, 11) is 15.3. The van der Waals surface area contributed by atoms with E-state index in [1.807, 2.05) is 32.1 Å². The van der Waals surface area contributed by atoms with E-state index < -0.39 is 17.5 Å². The Morgan fingerprint density at radius 3 is 1.66 bits per heavy atom. The molecule has 4 rings (SSSR count). The van der Waals surface area contributed by atoms with Crippen LogP contribution in [-0.4, -0.2) is 33.8 Å². The van der Waals surface area contributed by atoms with Gasteiger partial charge in [-0.05, 0) is 0 Å². The Labute approximate surface area is 244 Å². The molecule has 2 aromatic rings. The predicted molar refractivity (Wildman–Crippen MR) is 165 cm³/mol.